The number of rotatable bonds is 8. The maximum atomic E-state index is 2.43. The minimum atomic E-state index is 1.09. The molecule has 0 saturated carbocycles. The first-order chi connectivity index (χ1) is 31.7. The van der Waals surface area contributed by atoms with Gasteiger partial charge in [-0.2, -0.15) is 0 Å². The van der Waals surface area contributed by atoms with Crippen molar-refractivity contribution in [2.45, 2.75) is 0 Å². The average Bonchev–Trinajstić information content (AvgIpc) is 3.70. The molecule has 1 heterocycles. The van der Waals surface area contributed by atoms with Gasteiger partial charge in [-0.3, -0.25) is 0 Å². The van der Waals surface area contributed by atoms with Gasteiger partial charge in [-0.05, 0) is 121 Å². The van der Waals surface area contributed by atoms with E-state index in [9.17, 15) is 0 Å². The Morgan fingerprint density at radius 2 is 0.672 bits per heavy atom. The third-order valence-corrected chi connectivity index (χ3v) is 12.8. The van der Waals surface area contributed by atoms with E-state index in [1.165, 1.54) is 82.3 Å². The number of hydrogen-bond acceptors (Lipinski definition) is 1. The van der Waals surface area contributed by atoms with Crippen LogP contribution >= 0.6 is 0 Å². The Morgan fingerprint density at radius 1 is 0.250 bits per heavy atom. The van der Waals surface area contributed by atoms with Crippen molar-refractivity contribution in [1.82, 2.24) is 4.57 Å². The van der Waals surface area contributed by atoms with Crippen molar-refractivity contribution in [3.8, 4) is 50.2 Å². The maximum absolute atomic E-state index is 2.43. The third kappa shape index (κ3) is 6.52. The molecule has 0 fully saturated rings. The highest BCUT2D eigenvalue weighted by molar-refractivity contribution is 6.11. The van der Waals surface area contributed by atoms with E-state index < -0.39 is 0 Å². The normalized spacial score (nSPS) is 11.4. The molecule has 2 nitrogen and oxygen atoms in total. The summed E-state index contributed by atoms with van der Waals surface area (Å²) >= 11 is 0. The van der Waals surface area contributed by atoms with Gasteiger partial charge in [-0.15, -0.1) is 0 Å². The molecule has 0 N–H and O–H groups in total. The molecule has 300 valence electrons. The first-order valence-corrected chi connectivity index (χ1v) is 22.0. The molecular weight excluding hydrogens is 773 g/mol. The molecule has 0 amide bonds. The molecule has 2 heteroatoms. The Labute approximate surface area is 373 Å². The molecule has 0 aliphatic heterocycles. The third-order valence-electron chi connectivity index (χ3n) is 12.8. The number of aromatic nitrogens is 1. The second-order valence-electron chi connectivity index (χ2n) is 16.5. The Bertz CT molecular complexity index is 3500. The van der Waals surface area contributed by atoms with Gasteiger partial charge in [0.05, 0.1) is 16.7 Å². The monoisotopic (exact) mass is 814 g/mol. The van der Waals surface area contributed by atoms with Crippen LogP contribution in [-0.2, 0) is 0 Å². The molecule has 12 aromatic rings. The Kier molecular flexibility index (Phi) is 9.20. The lowest BCUT2D eigenvalue weighted by molar-refractivity contribution is 1.18. The van der Waals surface area contributed by atoms with Crippen molar-refractivity contribution in [3.05, 3.63) is 255 Å². The van der Waals surface area contributed by atoms with Gasteiger partial charge in [-0.25, -0.2) is 0 Å². The zero-order valence-corrected chi connectivity index (χ0v) is 35.1. The van der Waals surface area contributed by atoms with Crippen LogP contribution in [0.25, 0.3) is 93.5 Å². The van der Waals surface area contributed by atoms with Crippen LogP contribution in [0.5, 0.6) is 0 Å². The molecule has 64 heavy (non-hydrogen) atoms. The number of para-hydroxylation sites is 2. The smallest absolute Gasteiger partial charge is 0.0541 e. The zero-order valence-electron chi connectivity index (χ0n) is 35.1. The first kappa shape index (κ1) is 37.3. The van der Waals surface area contributed by atoms with Gasteiger partial charge >= 0.3 is 0 Å². The molecular formula is C62H42N2. The molecule has 12 rings (SSSR count). The predicted octanol–water partition coefficient (Wildman–Crippen LogP) is 17.2. The molecule has 11 aromatic carbocycles. The molecule has 0 aliphatic carbocycles. The van der Waals surface area contributed by atoms with Crippen LogP contribution in [0.15, 0.2) is 255 Å². The van der Waals surface area contributed by atoms with Crippen LogP contribution in [0.1, 0.15) is 0 Å². The Hall–Kier alpha value is -8.46. The van der Waals surface area contributed by atoms with Crippen LogP contribution in [0, 0.1) is 0 Å². The standard InChI is InChI=1S/C62H42N2/c1-2-14-43(15-3-1)49-34-41-62-59(42-49)58-23-9-11-27-61(58)64(62)60-26-10-8-22-57(60)48-32-39-52(40-33-48)63(50-35-28-46(29-36-50)55-24-12-18-44-16-4-6-20-53(44)55)51-37-30-47(31-38-51)56-25-13-19-45-17-5-7-21-54(45)56/h1-42H. The first-order valence-electron chi connectivity index (χ1n) is 22.0. The van der Waals surface area contributed by atoms with Gasteiger partial charge in [0, 0.05) is 33.4 Å². The maximum Gasteiger partial charge on any atom is 0.0541 e. The molecule has 0 unspecified atom stereocenters. The molecule has 0 spiro atoms. The van der Waals surface area contributed by atoms with Crippen LogP contribution in [-0.4, -0.2) is 4.57 Å². The van der Waals surface area contributed by atoms with Gasteiger partial charge < -0.3 is 9.47 Å². The van der Waals surface area contributed by atoms with Crippen LogP contribution in [0.3, 0.4) is 0 Å². The average molecular weight is 815 g/mol. The molecule has 0 bridgehead atoms. The lowest BCUT2D eigenvalue weighted by Gasteiger charge is -2.26. The number of nitrogens with zero attached hydrogens (tertiary/aromatic N) is 2. The van der Waals surface area contributed by atoms with Gasteiger partial charge in [0.25, 0.3) is 0 Å². The summed E-state index contributed by atoms with van der Waals surface area (Å²) in [6, 6.07) is 92.6. The number of fused-ring (bicyclic) bond motifs is 5. The largest absolute Gasteiger partial charge is 0.311 e. The Balaban J connectivity index is 0.952. The summed E-state index contributed by atoms with van der Waals surface area (Å²) in [5.74, 6) is 0. The van der Waals surface area contributed by atoms with Gasteiger partial charge in [-0.1, -0.05) is 194 Å². The van der Waals surface area contributed by atoms with E-state index >= 15 is 0 Å². The molecule has 1 aromatic heterocycles. The van der Waals surface area contributed by atoms with Crippen molar-refractivity contribution >= 4 is 60.4 Å². The van der Waals surface area contributed by atoms with Crippen LogP contribution in [0.4, 0.5) is 17.1 Å². The molecule has 0 atom stereocenters. The summed E-state index contributed by atoms with van der Waals surface area (Å²) in [4.78, 5) is 2.37. The van der Waals surface area contributed by atoms with Crippen LogP contribution < -0.4 is 4.90 Å². The van der Waals surface area contributed by atoms with E-state index in [1.807, 2.05) is 0 Å². The number of benzene rings is 11. The summed E-state index contributed by atoms with van der Waals surface area (Å²) in [6.07, 6.45) is 0. The lowest BCUT2D eigenvalue weighted by atomic mass is 9.97. The summed E-state index contributed by atoms with van der Waals surface area (Å²) < 4.78 is 2.43. The fraction of sp³-hybridized carbons (Fsp3) is 0. The van der Waals surface area contributed by atoms with Crippen molar-refractivity contribution in [2.24, 2.45) is 0 Å². The zero-order chi connectivity index (χ0) is 42.4. The second-order valence-corrected chi connectivity index (χ2v) is 16.5. The predicted molar refractivity (Wildman–Crippen MR) is 272 cm³/mol. The molecule has 0 aliphatic rings. The van der Waals surface area contributed by atoms with Crippen molar-refractivity contribution in [1.29, 1.82) is 0 Å². The van der Waals surface area contributed by atoms with Gasteiger partial charge in [0.2, 0.25) is 0 Å². The SMILES string of the molecule is c1ccc(-c2ccc3c(c2)c2ccccc2n3-c2ccccc2-c2ccc(N(c3ccc(-c4cccc5ccccc45)cc3)c3ccc(-c4cccc5ccccc45)cc3)cc2)cc1. The van der Waals surface area contributed by atoms with Crippen LogP contribution in [0.2, 0.25) is 0 Å². The van der Waals surface area contributed by atoms with E-state index in [0.717, 1.165) is 28.3 Å². The summed E-state index contributed by atoms with van der Waals surface area (Å²) in [5.41, 5.74) is 16.4. The van der Waals surface area contributed by atoms with Gasteiger partial charge in [0.15, 0.2) is 0 Å². The van der Waals surface area contributed by atoms with E-state index in [0.29, 0.717) is 0 Å². The summed E-state index contributed by atoms with van der Waals surface area (Å²) in [5, 5.41) is 7.49. The molecule has 0 radical (unpaired) electrons. The topological polar surface area (TPSA) is 8.17 Å². The lowest BCUT2D eigenvalue weighted by Crippen LogP contribution is -2.09. The van der Waals surface area contributed by atoms with E-state index in [-0.39, 0.29) is 0 Å². The minimum absolute atomic E-state index is 1.09. The number of anilines is 3. The highest BCUT2D eigenvalue weighted by Crippen LogP contribution is 2.42. The minimum Gasteiger partial charge on any atom is -0.311 e. The fourth-order valence-corrected chi connectivity index (χ4v) is 9.73. The quantitative estimate of drug-likeness (QED) is 0.148. The highest BCUT2D eigenvalue weighted by atomic mass is 15.1. The van der Waals surface area contributed by atoms with Crippen molar-refractivity contribution in [2.75, 3.05) is 4.90 Å². The fourth-order valence-electron chi connectivity index (χ4n) is 9.73. The van der Waals surface area contributed by atoms with E-state index in [2.05, 4.69) is 264 Å². The summed E-state index contributed by atoms with van der Waals surface area (Å²) in [7, 11) is 0. The van der Waals surface area contributed by atoms with E-state index in [1.54, 1.807) is 0 Å². The molecule has 0 saturated heterocycles. The van der Waals surface area contributed by atoms with Crippen molar-refractivity contribution in [3.63, 3.8) is 0 Å². The van der Waals surface area contributed by atoms with E-state index in [4.69, 9.17) is 0 Å². The second kappa shape index (κ2) is 15.8. The Morgan fingerprint density at radius 3 is 1.27 bits per heavy atom. The number of hydrogen-bond donors (Lipinski definition) is 0. The highest BCUT2D eigenvalue weighted by Gasteiger charge is 2.18. The van der Waals surface area contributed by atoms with Crippen molar-refractivity contribution < 1.29 is 0 Å². The van der Waals surface area contributed by atoms with Gasteiger partial charge in [0.1, 0.15) is 0 Å². The summed E-state index contributed by atoms with van der Waals surface area (Å²) in [6.45, 7) is 0.